The van der Waals surface area contributed by atoms with Gasteiger partial charge < -0.3 is 9.47 Å². The van der Waals surface area contributed by atoms with Gasteiger partial charge in [-0.25, -0.2) is 0 Å². The van der Waals surface area contributed by atoms with Crippen LogP contribution in [0.3, 0.4) is 0 Å². The molecule has 0 unspecified atom stereocenters. The smallest absolute Gasteiger partial charge is 0.175 e. The number of unbranched alkanes of at least 4 members (excludes halogenated alkanes) is 1. The molecule has 0 heterocycles. The average molecular weight is 190 g/mol. The van der Waals surface area contributed by atoms with Crippen LogP contribution in [0.1, 0.15) is 19.8 Å². The first-order valence-corrected chi connectivity index (χ1v) is 4.42. The quantitative estimate of drug-likeness (QED) is 0.330. The van der Waals surface area contributed by atoms with Crippen molar-refractivity contribution in [3.63, 3.8) is 0 Å². The van der Waals surface area contributed by atoms with Crippen LogP contribution in [0.2, 0.25) is 0 Å². The third-order valence-electron chi connectivity index (χ3n) is 1.77. The van der Waals surface area contributed by atoms with Gasteiger partial charge in [0.05, 0.1) is 11.8 Å². The molecule has 0 saturated heterocycles. The van der Waals surface area contributed by atoms with Crippen LogP contribution < -0.4 is 0 Å². The van der Waals surface area contributed by atoms with Gasteiger partial charge >= 0.3 is 0 Å². The molecular formula is C8H18N2O3. The number of hydrogen-bond donors (Lipinski definition) is 0. The molecular weight excluding hydrogens is 172 g/mol. The first-order chi connectivity index (χ1) is 6.28. The van der Waals surface area contributed by atoms with Crippen molar-refractivity contribution in [3.8, 4) is 0 Å². The van der Waals surface area contributed by atoms with Crippen molar-refractivity contribution >= 4 is 0 Å². The minimum absolute atomic E-state index is 0.380. The van der Waals surface area contributed by atoms with E-state index in [9.17, 15) is 4.91 Å². The molecule has 78 valence electrons. The Bertz CT molecular complexity index is 129. The van der Waals surface area contributed by atoms with Crippen LogP contribution in [-0.2, 0) is 9.47 Å². The summed E-state index contributed by atoms with van der Waals surface area (Å²) in [6.45, 7) is 3.10. The molecule has 0 N–H and O–H groups in total. The van der Waals surface area contributed by atoms with Gasteiger partial charge in [0, 0.05) is 20.8 Å². The summed E-state index contributed by atoms with van der Waals surface area (Å²) < 4.78 is 9.90. The molecule has 5 heteroatoms. The second-order valence-electron chi connectivity index (χ2n) is 2.75. The van der Waals surface area contributed by atoms with E-state index < -0.39 is 0 Å². The fourth-order valence-electron chi connectivity index (χ4n) is 0.923. The molecule has 0 aliphatic carbocycles. The van der Waals surface area contributed by atoms with Gasteiger partial charge in [0.1, 0.15) is 0 Å². The highest BCUT2D eigenvalue weighted by molar-refractivity contribution is 4.54. The van der Waals surface area contributed by atoms with Gasteiger partial charge in [-0.2, -0.15) is 0 Å². The van der Waals surface area contributed by atoms with Crippen molar-refractivity contribution < 1.29 is 9.47 Å². The minimum atomic E-state index is -0.380. The molecule has 0 atom stereocenters. The van der Waals surface area contributed by atoms with E-state index in [0.717, 1.165) is 12.8 Å². The summed E-state index contributed by atoms with van der Waals surface area (Å²) in [5.74, 6) is 0. The highest BCUT2D eigenvalue weighted by Gasteiger charge is 2.11. The summed E-state index contributed by atoms with van der Waals surface area (Å²) in [6, 6.07) is 0. The second kappa shape index (κ2) is 7.94. The zero-order valence-corrected chi connectivity index (χ0v) is 8.52. The molecule has 0 amide bonds. The monoisotopic (exact) mass is 190 g/mol. The fourth-order valence-corrected chi connectivity index (χ4v) is 0.923. The van der Waals surface area contributed by atoms with Crippen molar-refractivity contribution in [1.29, 1.82) is 0 Å². The topological polar surface area (TPSA) is 51.1 Å². The average Bonchev–Trinajstić information content (AvgIpc) is 2.19. The summed E-state index contributed by atoms with van der Waals surface area (Å²) >= 11 is 0. The van der Waals surface area contributed by atoms with Crippen LogP contribution in [-0.4, -0.2) is 38.6 Å². The molecule has 0 aromatic carbocycles. The van der Waals surface area contributed by atoms with E-state index in [-0.39, 0.29) is 6.29 Å². The van der Waals surface area contributed by atoms with Crippen molar-refractivity contribution in [3.05, 3.63) is 4.91 Å². The highest BCUT2D eigenvalue weighted by Crippen LogP contribution is 2.00. The third kappa shape index (κ3) is 5.54. The lowest BCUT2D eigenvalue weighted by Crippen LogP contribution is -2.31. The fraction of sp³-hybridized carbons (Fsp3) is 1.00. The third-order valence-corrected chi connectivity index (χ3v) is 1.77. The Balaban J connectivity index is 3.73. The van der Waals surface area contributed by atoms with Gasteiger partial charge in [0.2, 0.25) is 0 Å². The second-order valence-corrected chi connectivity index (χ2v) is 2.75. The standard InChI is InChI=1S/C8H18N2O3/c1-4-5-6-10(9-11)7-8(12-2)13-3/h8H,4-7H2,1-3H3. The molecule has 5 nitrogen and oxygen atoms in total. The van der Waals surface area contributed by atoms with E-state index in [1.54, 1.807) is 0 Å². The first-order valence-electron chi connectivity index (χ1n) is 4.42. The van der Waals surface area contributed by atoms with E-state index in [0.29, 0.717) is 13.1 Å². The summed E-state index contributed by atoms with van der Waals surface area (Å²) in [4.78, 5) is 10.3. The first kappa shape index (κ1) is 12.3. The van der Waals surface area contributed by atoms with Crippen LogP contribution in [0.4, 0.5) is 0 Å². The van der Waals surface area contributed by atoms with Crippen LogP contribution in [0, 0.1) is 4.91 Å². The number of methoxy groups -OCH3 is 2. The van der Waals surface area contributed by atoms with Gasteiger partial charge in [-0.3, -0.25) is 5.01 Å². The van der Waals surface area contributed by atoms with E-state index >= 15 is 0 Å². The molecule has 0 aliphatic heterocycles. The number of hydrogen-bond acceptors (Lipinski definition) is 4. The maximum absolute atomic E-state index is 10.3. The van der Waals surface area contributed by atoms with E-state index in [1.165, 1.54) is 19.2 Å². The number of nitroso groups, excluding NO2 is 1. The number of nitrogens with zero attached hydrogens (tertiary/aromatic N) is 2. The van der Waals surface area contributed by atoms with E-state index in [1.807, 2.05) is 0 Å². The van der Waals surface area contributed by atoms with Gasteiger partial charge in [-0.05, 0) is 6.42 Å². The predicted molar refractivity (Wildman–Crippen MR) is 50.1 cm³/mol. The molecule has 0 aromatic rings. The molecule has 0 radical (unpaired) electrons. The van der Waals surface area contributed by atoms with E-state index in [2.05, 4.69) is 12.2 Å². The van der Waals surface area contributed by atoms with E-state index in [4.69, 9.17) is 9.47 Å². The lowest BCUT2D eigenvalue weighted by Gasteiger charge is -2.20. The van der Waals surface area contributed by atoms with Crippen LogP contribution in [0.5, 0.6) is 0 Å². The molecule has 0 aromatic heterocycles. The highest BCUT2D eigenvalue weighted by atomic mass is 16.7. The summed E-state index contributed by atoms with van der Waals surface area (Å²) in [5.41, 5.74) is 0. The van der Waals surface area contributed by atoms with Gasteiger partial charge in [0.25, 0.3) is 0 Å². The Morgan fingerprint density at radius 3 is 2.38 bits per heavy atom. The molecule has 0 spiro atoms. The molecule has 13 heavy (non-hydrogen) atoms. The summed E-state index contributed by atoms with van der Waals surface area (Å²) in [6.07, 6.45) is 1.61. The largest absolute Gasteiger partial charge is 0.354 e. The Labute approximate surface area is 78.9 Å². The number of ether oxygens (including phenoxy) is 2. The van der Waals surface area contributed by atoms with Crippen molar-refractivity contribution in [2.24, 2.45) is 5.29 Å². The van der Waals surface area contributed by atoms with Gasteiger partial charge in [-0.1, -0.05) is 13.3 Å². The zero-order chi connectivity index (χ0) is 10.1. The molecule has 0 bridgehead atoms. The summed E-state index contributed by atoms with van der Waals surface area (Å²) in [5, 5.41) is 4.30. The van der Waals surface area contributed by atoms with Gasteiger partial charge in [0.15, 0.2) is 6.29 Å². The van der Waals surface area contributed by atoms with Crippen LogP contribution in [0.25, 0.3) is 0 Å². The van der Waals surface area contributed by atoms with Crippen LogP contribution >= 0.6 is 0 Å². The molecule has 0 rings (SSSR count). The SMILES string of the molecule is CCCCN(CC(OC)OC)N=O. The van der Waals surface area contributed by atoms with Crippen LogP contribution in [0.15, 0.2) is 5.29 Å². The van der Waals surface area contributed by atoms with Gasteiger partial charge in [-0.15, -0.1) is 4.91 Å². The maximum Gasteiger partial charge on any atom is 0.175 e. The minimum Gasteiger partial charge on any atom is -0.354 e. The predicted octanol–water partition coefficient (Wildman–Crippen LogP) is 1.39. The Kier molecular flexibility index (Phi) is 7.53. The lowest BCUT2D eigenvalue weighted by molar-refractivity contribution is -0.116. The number of rotatable bonds is 8. The Hall–Kier alpha value is -0.680. The summed E-state index contributed by atoms with van der Waals surface area (Å²) in [7, 11) is 3.08. The molecule has 0 aliphatic rings. The molecule has 0 saturated carbocycles. The van der Waals surface area contributed by atoms with Crippen molar-refractivity contribution in [2.75, 3.05) is 27.3 Å². The molecule has 0 fully saturated rings. The lowest BCUT2D eigenvalue weighted by atomic mass is 10.3. The maximum atomic E-state index is 10.3. The normalized spacial score (nSPS) is 10.5. The Morgan fingerprint density at radius 1 is 1.38 bits per heavy atom. The zero-order valence-electron chi connectivity index (χ0n) is 8.52. The Morgan fingerprint density at radius 2 is 2.00 bits per heavy atom. The van der Waals surface area contributed by atoms with Crippen molar-refractivity contribution in [2.45, 2.75) is 26.1 Å². The van der Waals surface area contributed by atoms with Crippen molar-refractivity contribution in [1.82, 2.24) is 5.01 Å².